The molecule has 0 fully saturated rings. The van der Waals surface area contributed by atoms with Gasteiger partial charge in [0.15, 0.2) is 0 Å². The van der Waals surface area contributed by atoms with E-state index in [9.17, 15) is 4.79 Å². The minimum Gasteiger partial charge on any atom is -0.490 e. The molecule has 1 amide bonds. The summed E-state index contributed by atoms with van der Waals surface area (Å²) in [6, 6.07) is 7.61. The van der Waals surface area contributed by atoms with Gasteiger partial charge in [-0.1, -0.05) is 12.1 Å². The Morgan fingerprint density at radius 1 is 1.53 bits per heavy atom. The normalized spacial score (nSPS) is 14.3. The van der Waals surface area contributed by atoms with Gasteiger partial charge >= 0.3 is 0 Å². The van der Waals surface area contributed by atoms with Crippen molar-refractivity contribution in [1.82, 2.24) is 5.32 Å². The van der Waals surface area contributed by atoms with Crippen LogP contribution in [0.15, 0.2) is 24.3 Å². The topological polar surface area (TPSA) is 41.6 Å². The van der Waals surface area contributed by atoms with Gasteiger partial charge in [0.2, 0.25) is 5.91 Å². The van der Waals surface area contributed by atoms with Crippen LogP contribution in [-0.2, 0) is 4.79 Å². The molecule has 1 heterocycles. The Bertz CT molecular complexity index is 365. The number of benzene rings is 1. The molecule has 4 nitrogen and oxygen atoms in total. The van der Waals surface area contributed by atoms with E-state index in [1.807, 2.05) is 24.3 Å². The van der Waals surface area contributed by atoms with E-state index in [2.05, 4.69) is 5.32 Å². The van der Waals surface area contributed by atoms with E-state index < -0.39 is 0 Å². The third-order valence-corrected chi connectivity index (χ3v) is 2.36. The van der Waals surface area contributed by atoms with Gasteiger partial charge in [0.1, 0.15) is 12.4 Å². The molecule has 0 aromatic heterocycles. The number of rotatable bonds is 2. The summed E-state index contributed by atoms with van der Waals surface area (Å²) in [4.78, 5) is 13.5. The molecule has 2 rings (SSSR count). The van der Waals surface area contributed by atoms with Gasteiger partial charge in [-0.3, -0.25) is 4.79 Å². The van der Waals surface area contributed by atoms with Gasteiger partial charge in [0.25, 0.3) is 0 Å². The third-order valence-electron chi connectivity index (χ3n) is 2.36. The Kier molecular flexibility index (Phi) is 2.87. The standard InChI is InChI=1S/C11H14N2O2/c1-12-8-11(14)13-6-7-15-10-5-3-2-4-9(10)13/h2-5,12H,6-8H2,1H3. The first kappa shape index (κ1) is 9.98. The average molecular weight is 206 g/mol. The SMILES string of the molecule is CNCC(=O)N1CCOc2ccccc21. The molecular weight excluding hydrogens is 192 g/mol. The zero-order chi connectivity index (χ0) is 10.7. The molecule has 1 N–H and O–H groups in total. The quantitative estimate of drug-likeness (QED) is 0.771. The highest BCUT2D eigenvalue weighted by molar-refractivity contribution is 5.96. The smallest absolute Gasteiger partial charge is 0.241 e. The number of carbonyl (C=O) groups is 1. The molecule has 15 heavy (non-hydrogen) atoms. The fraction of sp³-hybridized carbons (Fsp3) is 0.364. The second-order valence-electron chi connectivity index (χ2n) is 3.39. The first-order valence-electron chi connectivity index (χ1n) is 4.99. The number of para-hydroxylation sites is 2. The number of anilines is 1. The molecule has 0 saturated carbocycles. The lowest BCUT2D eigenvalue weighted by atomic mass is 10.2. The maximum Gasteiger partial charge on any atom is 0.241 e. The summed E-state index contributed by atoms with van der Waals surface area (Å²) in [5.41, 5.74) is 0.865. The highest BCUT2D eigenvalue weighted by atomic mass is 16.5. The lowest BCUT2D eigenvalue weighted by molar-refractivity contribution is -0.117. The summed E-state index contributed by atoms with van der Waals surface area (Å²) >= 11 is 0. The molecule has 0 bridgehead atoms. The maximum atomic E-state index is 11.8. The molecule has 4 heteroatoms. The largest absolute Gasteiger partial charge is 0.490 e. The maximum absolute atomic E-state index is 11.8. The Morgan fingerprint density at radius 3 is 3.13 bits per heavy atom. The molecule has 1 aromatic rings. The molecule has 1 aliphatic rings. The number of nitrogens with zero attached hydrogens (tertiary/aromatic N) is 1. The van der Waals surface area contributed by atoms with Crippen LogP contribution in [-0.4, -0.2) is 32.7 Å². The average Bonchev–Trinajstić information content (AvgIpc) is 2.28. The van der Waals surface area contributed by atoms with E-state index in [0.29, 0.717) is 19.7 Å². The highest BCUT2D eigenvalue weighted by Gasteiger charge is 2.22. The van der Waals surface area contributed by atoms with Gasteiger partial charge < -0.3 is 15.0 Å². The van der Waals surface area contributed by atoms with Crippen molar-refractivity contribution in [2.24, 2.45) is 0 Å². The number of hydrogen-bond acceptors (Lipinski definition) is 3. The lowest BCUT2D eigenvalue weighted by Gasteiger charge is -2.29. The summed E-state index contributed by atoms with van der Waals surface area (Å²) in [5.74, 6) is 0.862. The summed E-state index contributed by atoms with van der Waals surface area (Å²) < 4.78 is 5.47. The molecule has 0 atom stereocenters. The molecule has 1 aromatic carbocycles. The number of amides is 1. The van der Waals surface area contributed by atoms with E-state index in [1.54, 1.807) is 11.9 Å². The molecule has 0 radical (unpaired) electrons. The van der Waals surface area contributed by atoms with E-state index in [0.717, 1.165) is 11.4 Å². The van der Waals surface area contributed by atoms with Crippen LogP contribution < -0.4 is 15.0 Å². The van der Waals surface area contributed by atoms with Gasteiger partial charge in [-0.15, -0.1) is 0 Å². The van der Waals surface area contributed by atoms with Crippen LogP contribution in [0.2, 0.25) is 0 Å². The minimum atomic E-state index is 0.0771. The Balaban J connectivity index is 2.25. The highest BCUT2D eigenvalue weighted by Crippen LogP contribution is 2.30. The van der Waals surface area contributed by atoms with Gasteiger partial charge in [0.05, 0.1) is 18.8 Å². The van der Waals surface area contributed by atoms with Gasteiger partial charge in [-0.05, 0) is 19.2 Å². The van der Waals surface area contributed by atoms with E-state index in [-0.39, 0.29) is 5.91 Å². The molecule has 0 unspecified atom stereocenters. The van der Waals surface area contributed by atoms with Crippen molar-refractivity contribution in [3.05, 3.63) is 24.3 Å². The van der Waals surface area contributed by atoms with Crippen LogP contribution in [0.1, 0.15) is 0 Å². The van der Waals surface area contributed by atoms with Gasteiger partial charge in [-0.2, -0.15) is 0 Å². The van der Waals surface area contributed by atoms with Crippen LogP contribution in [0.4, 0.5) is 5.69 Å². The van der Waals surface area contributed by atoms with Crippen LogP contribution >= 0.6 is 0 Å². The summed E-state index contributed by atoms with van der Waals surface area (Å²) in [5, 5.41) is 2.86. The minimum absolute atomic E-state index is 0.0771. The van der Waals surface area contributed by atoms with Crippen molar-refractivity contribution in [3.8, 4) is 5.75 Å². The Morgan fingerprint density at radius 2 is 2.33 bits per heavy atom. The molecule has 0 saturated heterocycles. The van der Waals surface area contributed by atoms with Crippen LogP contribution in [0.3, 0.4) is 0 Å². The van der Waals surface area contributed by atoms with Crippen molar-refractivity contribution in [3.63, 3.8) is 0 Å². The number of hydrogen-bond donors (Lipinski definition) is 1. The van der Waals surface area contributed by atoms with Crippen molar-refractivity contribution in [2.45, 2.75) is 0 Å². The van der Waals surface area contributed by atoms with Crippen LogP contribution in [0, 0.1) is 0 Å². The second-order valence-corrected chi connectivity index (χ2v) is 3.39. The number of likely N-dealkylation sites (N-methyl/N-ethyl adjacent to an activating group) is 1. The molecule has 0 aliphatic carbocycles. The predicted molar refractivity (Wildman–Crippen MR) is 58.2 cm³/mol. The van der Waals surface area contributed by atoms with Crippen LogP contribution in [0.25, 0.3) is 0 Å². The number of ether oxygens (including phenoxy) is 1. The first-order chi connectivity index (χ1) is 7.33. The zero-order valence-electron chi connectivity index (χ0n) is 8.69. The molecular formula is C11H14N2O2. The fourth-order valence-electron chi connectivity index (χ4n) is 1.68. The summed E-state index contributed by atoms with van der Waals surface area (Å²) in [6.07, 6.45) is 0. The first-order valence-corrected chi connectivity index (χ1v) is 4.99. The molecule has 0 spiro atoms. The van der Waals surface area contributed by atoms with E-state index in [4.69, 9.17) is 4.74 Å². The monoisotopic (exact) mass is 206 g/mol. The second kappa shape index (κ2) is 4.31. The Labute approximate surface area is 88.8 Å². The van der Waals surface area contributed by atoms with Gasteiger partial charge in [0, 0.05) is 0 Å². The number of nitrogens with one attached hydrogen (secondary N) is 1. The number of carbonyl (C=O) groups excluding carboxylic acids is 1. The summed E-state index contributed by atoms with van der Waals surface area (Å²) in [7, 11) is 1.77. The van der Waals surface area contributed by atoms with Crippen LogP contribution in [0.5, 0.6) is 5.75 Å². The zero-order valence-corrected chi connectivity index (χ0v) is 8.69. The van der Waals surface area contributed by atoms with Crippen molar-refractivity contribution >= 4 is 11.6 Å². The summed E-state index contributed by atoms with van der Waals surface area (Å²) in [6.45, 7) is 1.54. The predicted octanol–water partition coefficient (Wildman–Crippen LogP) is 0.631. The van der Waals surface area contributed by atoms with Crippen molar-refractivity contribution in [1.29, 1.82) is 0 Å². The van der Waals surface area contributed by atoms with E-state index in [1.165, 1.54) is 0 Å². The van der Waals surface area contributed by atoms with Gasteiger partial charge in [-0.25, -0.2) is 0 Å². The lowest BCUT2D eigenvalue weighted by Crippen LogP contribution is -2.42. The third kappa shape index (κ3) is 1.94. The van der Waals surface area contributed by atoms with E-state index >= 15 is 0 Å². The fourth-order valence-corrected chi connectivity index (χ4v) is 1.68. The molecule has 1 aliphatic heterocycles. The molecule has 80 valence electrons. The Hall–Kier alpha value is -1.55. The number of fused-ring (bicyclic) bond motifs is 1. The van der Waals surface area contributed by atoms with Crippen molar-refractivity contribution < 1.29 is 9.53 Å². The van der Waals surface area contributed by atoms with Crippen molar-refractivity contribution in [2.75, 3.05) is 31.6 Å².